The molecule has 2 aromatic rings. The number of fused-ring (bicyclic) bond motifs is 1. The molecule has 2 aliphatic heterocycles. The topological polar surface area (TPSA) is 18.8 Å². The lowest BCUT2D eigenvalue weighted by Crippen LogP contribution is -2.45. The highest BCUT2D eigenvalue weighted by atomic mass is 35.5. The Morgan fingerprint density at radius 2 is 1.77 bits per heavy atom. The zero-order valence-corrected chi connectivity index (χ0v) is 16.1. The molecular formula is C22H26ClN3. The van der Waals surface area contributed by atoms with Crippen LogP contribution in [-0.2, 0) is 6.42 Å². The highest BCUT2D eigenvalue weighted by molar-refractivity contribution is 6.32. The van der Waals surface area contributed by atoms with Crippen LogP contribution < -0.4 is 0 Å². The summed E-state index contributed by atoms with van der Waals surface area (Å²) in [6.07, 6.45) is 2.03. The van der Waals surface area contributed by atoms with Crippen molar-refractivity contribution in [2.45, 2.75) is 18.9 Å². The summed E-state index contributed by atoms with van der Waals surface area (Å²) in [5.74, 6) is 0. The van der Waals surface area contributed by atoms with Crippen LogP contribution in [0.25, 0.3) is 0 Å². The molecule has 26 heavy (non-hydrogen) atoms. The van der Waals surface area contributed by atoms with E-state index < -0.39 is 0 Å². The van der Waals surface area contributed by atoms with Gasteiger partial charge in [-0.25, -0.2) is 0 Å². The van der Waals surface area contributed by atoms with Crippen molar-refractivity contribution < 1.29 is 0 Å². The first kappa shape index (κ1) is 17.7. The van der Waals surface area contributed by atoms with Crippen LogP contribution in [0.1, 0.15) is 23.1 Å². The lowest BCUT2D eigenvalue weighted by Gasteiger charge is -2.33. The molecule has 0 amide bonds. The number of hydrogen-bond acceptors (Lipinski definition) is 3. The maximum absolute atomic E-state index is 6.55. The zero-order valence-electron chi connectivity index (χ0n) is 15.4. The Hall–Kier alpha value is -1.68. The van der Waals surface area contributed by atoms with Crippen LogP contribution in [0.3, 0.4) is 0 Å². The summed E-state index contributed by atoms with van der Waals surface area (Å²) in [5, 5.41) is 0.871. The quantitative estimate of drug-likeness (QED) is 0.819. The molecule has 1 unspecified atom stereocenters. The van der Waals surface area contributed by atoms with E-state index in [9.17, 15) is 0 Å². The molecule has 0 spiro atoms. The largest absolute Gasteiger partial charge is 0.304 e. The Kier molecular flexibility index (Phi) is 5.39. The van der Waals surface area contributed by atoms with E-state index in [-0.39, 0.29) is 0 Å². The molecule has 0 N–H and O–H groups in total. The SMILES string of the molecule is CN1CCN(CCC2Cc3c(Cl)cccc3C(c3ccccc3)=N2)CC1. The number of benzene rings is 2. The van der Waals surface area contributed by atoms with Gasteiger partial charge in [-0.1, -0.05) is 54.1 Å². The molecule has 0 radical (unpaired) electrons. The molecule has 1 fully saturated rings. The van der Waals surface area contributed by atoms with E-state index in [0.717, 1.165) is 56.3 Å². The summed E-state index contributed by atoms with van der Waals surface area (Å²) in [5.41, 5.74) is 4.73. The van der Waals surface area contributed by atoms with E-state index in [0.29, 0.717) is 6.04 Å². The summed E-state index contributed by atoms with van der Waals surface area (Å²) in [4.78, 5) is 10.1. The Bertz CT molecular complexity index is 779. The molecule has 0 bridgehead atoms. The minimum absolute atomic E-state index is 0.303. The van der Waals surface area contributed by atoms with E-state index in [4.69, 9.17) is 16.6 Å². The van der Waals surface area contributed by atoms with Gasteiger partial charge in [0.15, 0.2) is 0 Å². The normalized spacial score (nSPS) is 21.3. The van der Waals surface area contributed by atoms with Crippen molar-refractivity contribution in [2.75, 3.05) is 39.8 Å². The molecule has 0 aliphatic carbocycles. The van der Waals surface area contributed by atoms with Crippen LogP contribution in [-0.4, -0.2) is 61.3 Å². The second-order valence-electron chi connectivity index (χ2n) is 7.40. The predicted molar refractivity (Wildman–Crippen MR) is 110 cm³/mol. The molecule has 2 aliphatic rings. The number of likely N-dealkylation sites (N-methyl/N-ethyl adjacent to an activating group) is 1. The number of nitrogens with zero attached hydrogens (tertiary/aromatic N) is 3. The van der Waals surface area contributed by atoms with Gasteiger partial charge in [0.2, 0.25) is 0 Å². The van der Waals surface area contributed by atoms with Gasteiger partial charge in [-0.2, -0.15) is 0 Å². The van der Waals surface area contributed by atoms with Crippen molar-refractivity contribution >= 4 is 17.3 Å². The molecule has 1 atom stereocenters. The fraction of sp³-hybridized carbons (Fsp3) is 0.409. The Balaban J connectivity index is 1.56. The highest BCUT2D eigenvalue weighted by Crippen LogP contribution is 2.30. The van der Waals surface area contributed by atoms with E-state index in [1.165, 1.54) is 16.7 Å². The minimum Gasteiger partial charge on any atom is -0.304 e. The molecule has 4 rings (SSSR count). The second kappa shape index (κ2) is 7.91. The standard InChI is InChI=1S/C22H26ClN3/c1-25-12-14-26(15-13-25)11-10-18-16-20-19(8-5-9-21(20)23)22(24-18)17-6-3-2-4-7-17/h2-9,18H,10-16H2,1H3. The van der Waals surface area contributed by atoms with Crippen molar-refractivity contribution in [1.82, 2.24) is 9.80 Å². The number of hydrogen-bond donors (Lipinski definition) is 0. The predicted octanol–water partition coefficient (Wildman–Crippen LogP) is 3.74. The first-order valence-corrected chi connectivity index (χ1v) is 9.90. The Morgan fingerprint density at radius 1 is 1.00 bits per heavy atom. The fourth-order valence-electron chi connectivity index (χ4n) is 3.92. The summed E-state index contributed by atoms with van der Waals surface area (Å²) in [6.45, 7) is 5.77. The third-order valence-electron chi connectivity index (χ3n) is 5.55. The molecule has 0 saturated carbocycles. The van der Waals surface area contributed by atoms with Crippen LogP contribution in [0.5, 0.6) is 0 Å². The molecule has 136 valence electrons. The maximum Gasteiger partial charge on any atom is 0.0725 e. The van der Waals surface area contributed by atoms with Gasteiger partial charge in [-0.05, 0) is 31.5 Å². The zero-order chi connectivity index (χ0) is 17.9. The maximum atomic E-state index is 6.55. The van der Waals surface area contributed by atoms with Crippen molar-refractivity contribution in [1.29, 1.82) is 0 Å². The monoisotopic (exact) mass is 367 g/mol. The molecule has 2 heterocycles. The lowest BCUT2D eigenvalue weighted by molar-refractivity contribution is 0.150. The molecule has 1 saturated heterocycles. The van der Waals surface area contributed by atoms with Gasteiger partial charge in [-0.15, -0.1) is 0 Å². The molecular weight excluding hydrogens is 342 g/mol. The highest BCUT2D eigenvalue weighted by Gasteiger charge is 2.24. The molecule has 2 aromatic carbocycles. The summed E-state index contributed by atoms with van der Waals surface area (Å²) < 4.78 is 0. The van der Waals surface area contributed by atoms with Gasteiger partial charge in [0.05, 0.1) is 11.8 Å². The fourth-order valence-corrected chi connectivity index (χ4v) is 4.17. The molecule has 3 nitrogen and oxygen atoms in total. The third-order valence-corrected chi connectivity index (χ3v) is 5.90. The molecule has 4 heteroatoms. The first-order valence-electron chi connectivity index (χ1n) is 9.52. The van der Waals surface area contributed by atoms with Crippen molar-refractivity contribution in [3.05, 3.63) is 70.2 Å². The molecule has 0 aromatic heterocycles. The van der Waals surface area contributed by atoms with Crippen molar-refractivity contribution in [3.63, 3.8) is 0 Å². The van der Waals surface area contributed by atoms with Gasteiger partial charge in [-0.3, -0.25) is 4.99 Å². The van der Waals surface area contributed by atoms with Crippen LogP contribution in [0.4, 0.5) is 0 Å². The van der Waals surface area contributed by atoms with E-state index in [2.05, 4.69) is 53.2 Å². The summed E-state index contributed by atoms with van der Waals surface area (Å²) >= 11 is 6.55. The summed E-state index contributed by atoms with van der Waals surface area (Å²) in [7, 11) is 2.20. The average Bonchev–Trinajstić information content (AvgIpc) is 2.68. The summed E-state index contributed by atoms with van der Waals surface area (Å²) in [6, 6.07) is 17.0. The number of halogens is 1. The van der Waals surface area contributed by atoms with Crippen LogP contribution in [0, 0.1) is 0 Å². The van der Waals surface area contributed by atoms with Gasteiger partial charge in [0.1, 0.15) is 0 Å². The van der Waals surface area contributed by atoms with E-state index in [1.807, 2.05) is 12.1 Å². The second-order valence-corrected chi connectivity index (χ2v) is 7.81. The lowest BCUT2D eigenvalue weighted by atomic mass is 9.89. The van der Waals surface area contributed by atoms with Crippen LogP contribution >= 0.6 is 11.6 Å². The Labute approximate surface area is 161 Å². The van der Waals surface area contributed by atoms with Gasteiger partial charge >= 0.3 is 0 Å². The minimum atomic E-state index is 0.303. The van der Waals surface area contributed by atoms with Crippen LogP contribution in [0.2, 0.25) is 5.02 Å². The van der Waals surface area contributed by atoms with Crippen molar-refractivity contribution in [3.8, 4) is 0 Å². The van der Waals surface area contributed by atoms with E-state index >= 15 is 0 Å². The Morgan fingerprint density at radius 3 is 2.54 bits per heavy atom. The van der Waals surface area contributed by atoms with Crippen molar-refractivity contribution in [2.24, 2.45) is 4.99 Å². The average molecular weight is 368 g/mol. The third kappa shape index (κ3) is 3.85. The van der Waals surface area contributed by atoms with Gasteiger partial charge in [0, 0.05) is 48.9 Å². The van der Waals surface area contributed by atoms with Gasteiger partial charge < -0.3 is 9.80 Å². The smallest absolute Gasteiger partial charge is 0.0725 e. The number of rotatable bonds is 4. The first-order chi connectivity index (χ1) is 12.7. The van der Waals surface area contributed by atoms with Gasteiger partial charge in [0.25, 0.3) is 0 Å². The van der Waals surface area contributed by atoms with E-state index in [1.54, 1.807) is 0 Å². The number of piperazine rings is 1. The number of aliphatic imine (C=N–C) groups is 1. The van der Waals surface area contributed by atoms with Crippen LogP contribution in [0.15, 0.2) is 53.5 Å².